The number of aromatic nitrogens is 1. The van der Waals surface area contributed by atoms with Crippen LogP contribution in [0, 0.1) is 4.64 Å². The maximum atomic E-state index is 4.94. The third-order valence-corrected chi connectivity index (χ3v) is 1.26. The molecule has 0 amide bonds. The number of hydrogen-bond donors (Lipinski definition) is 2. The summed E-state index contributed by atoms with van der Waals surface area (Å²) in [6.45, 7) is 0. The van der Waals surface area contributed by atoms with Crippen LogP contribution < -0.4 is 5.84 Å². The number of pyridine rings is 1. The average Bonchev–Trinajstić information content (AvgIpc) is 1.88. The standard InChI is InChI=1S/C6H7N3S.CH4/c7-9-4-5-1-2-8-6(10)3-5;/h1-4H,7H2,(H,8,10);1H4. The molecule has 1 heterocycles. The fourth-order valence-electron chi connectivity index (χ4n) is 0.628. The Labute approximate surface area is 71.0 Å². The Morgan fingerprint density at radius 1 is 1.64 bits per heavy atom. The predicted octanol–water partition coefficient (Wildman–Crippen LogP) is 1.67. The van der Waals surface area contributed by atoms with Crippen molar-refractivity contribution in [3.8, 4) is 0 Å². The monoisotopic (exact) mass is 169 g/mol. The van der Waals surface area contributed by atoms with Crippen molar-refractivity contribution in [1.82, 2.24) is 4.98 Å². The third kappa shape index (κ3) is 2.95. The third-order valence-electron chi connectivity index (χ3n) is 1.02. The highest BCUT2D eigenvalue weighted by Gasteiger charge is 1.83. The molecule has 0 aliphatic heterocycles. The molecule has 1 rings (SSSR count). The Kier molecular flexibility index (Phi) is 4.14. The van der Waals surface area contributed by atoms with Gasteiger partial charge in [-0.2, -0.15) is 5.10 Å². The molecule has 3 nitrogen and oxygen atoms in total. The van der Waals surface area contributed by atoms with Crippen LogP contribution >= 0.6 is 12.2 Å². The van der Waals surface area contributed by atoms with Crippen LogP contribution in [0.25, 0.3) is 0 Å². The highest BCUT2D eigenvalue weighted by Crippen LogP contribution is 1.92. The van der Waals surface area contributed by atoms with Crippen LogP contribution in [0.2, 0.25) is 0 Å². The first-order valence-corrected chi connectivity index (χ1v) is 3.16. The molecule has 0 atom stereocenters. The predicted molar refractivity (Wildman–Crippen MR) is 50.1 cm³/mol. The summed E-state index contributed by atoms with van der Waals surface area (Å²) in [7, 11) is 0. The van der Waals surface area contributed by atoms with Gasteiger partial charge in [0, 0.05) is 6.20 Å². The molecule has 0 unspecified atom stereocenters. The highest BCUT2D eigenvalue weighted by atomic mass is 32.1. The van der Waals surface area contributed by atoms with Gasteiger partial charge in [0.2, 0.25) is 0 Å². The smallest absolute Gasteiger partial charge is 0.103 e. The largest absolute Gasteiger partial charge is 0.353 e. The molecule has 11 heavy (non-hydrogen) atoms. The molecule has 0 aliphatic carbocycles. The highest BCUT2D eigenvalue weighted by molar-refractivity contribution is 7.71. The van der Waals surface area contributed by atoms with Crippen molar-refractivity contribution in [2.75, 3.05) is 0 Å². The van der Waals surface area contributed by atoms with E-state index in [2.05, 4.69) is 10.1 Å². The minimum atomic E-state index is 0. The number of hydrogen-bond acceptors (Lipinski definition) is 3. The maximum Gasteiger partial charge on any atom is 0.103 e. The lowest BCUT2D eigenvalue weighted by Crippen LogP contribution is -1.86. The molecule has 0 radical (unpaired) electrons. The van der Waals surface area contributed by atoms with E-state index in [0.717, 1.165) is 5.56 Å². The second kappa shape index (κ2) is 4.62. The number of nitrogens with zero attached hydrogens (tertiary/aromatic N) is 1. The Morgan fingerprint density at radius 3 is 2.91 bits per heavy atom. The summed E-state index contributed by atoms with van der Waals surface area (Å²) in [5.41, 5.74) is 0.909. The van der Waals surface area contributed by atoms with E-state index in [9.17, 15) is 0 Å². The molecule has 1 aromatic rings. The van der Waals surface area contributed by atoms with E-state index >= 15 is 0 Å². The first-order valence-electron chi connectivity index (χ1n) is 2.75. The minimum absolute atomic E-state index is 0. The molecule has 0 aromatic carbocycles. The molecule has 0 saturated carbocycles. The molecule has 0 bridgehead atoms. The minimum Gasteiger partial charge on any atom is -0.353 e. The molecular weight excluding hydrogens is 158 g/mol. The molecule has 0 spiro atoms. The lowest BCUT2D eigenvalue weighted by atomic mass is 10.3. The Balaban J connectivity index is 0.000001000. The van der Waals surface area contributed by atoms with Crippen LogP contribution in [0.4, 0.5) is 0 Å². The SMILES string of the molecule is C.NN=Cc1cc[nH]c(=S)c1. The number of rotatable bonds is 1. The second-order valence-corrected chi connectivity index (χ2v) is 2.20. The fourth-order valence-corrected chi connectivity index (χ4v) is 0.832. The van der Waals surface area contributed by atoms with Crippen molar-refractivity contribution in [3.63, 3.8) is 0 Å². The fraction of sp³-hybridized carbons (Fsp3) is 0.143. The van der Waals surface area contributed by atoms with Crippen LogP contribution in [-0.2, 0) is 0 Å². The number of nitrogens with two attached hydrogens (primary N) is 1. The molecule has 1 aromatic heterocycles. The van der Waals surface area contributed by atoms with E-state index in [4.69, 9.17) is 18.1 Å². The number of H-pyrrole nitrogens is 1. The van der Waals surface area contributed by atoms with Crippen molar-refractivity contribution >= 4 is 18.4 Å². The second-order valence-electron chi connectivity index (χ2n) is 1.76. The van der Waals surface area contributed by atoms with Crippen molar-refractivity contribution in [1.29, 1.82) is 0 Å². The normalized spacial score (nSPS) is 9.45. The molecule has 0 saturated heterocycles. The first kappa shape index (κ1) is 9.84. The molecule has 3 N–H and O–H groups in total. The summed E-state index contributed by atoms with van der Waals surface area (Å²) in [6, 6.07) is 3.62. The lowest BCUT2D eigenvalue weighted by Gasteiger charge is -1.88. The molecular formula is C7H11N3S. The van der Waals surface area contributed by atoms with Gasteiger partial charge in [-0.3, -0.25) is 0 Å². The molecule has 0 aliphatic rings. The van der Waals surface area contributed by atoms with Gasteiger partial charge in [-0.25, -0.2) is 0 Å². The van der Waals surface area contributed by atoms with Crippen molar-refractivity contribution in [3.05, 3.63) is 28.5 Å². The van der Waals surface area contributed by atoms with Gasteiger partial charge in [-0.1, -0.05) is 19.6 Å². The number of nitrogens with one attached hydrogen (secondary N) is 1. The van der Waals surface area contributed by atoms with Gasteiger partial charge in [-0.05, 0) is 17.7 Å². The van der Waals surface area contributed by atoms with Gasteiger partial charge in [0.15, 0.2) is 0 Å². The summed E-state index contributed by atoms with van der Waals surface area (Å²) in [5.74, 6) is 4.94. The van der Waals surface area contributed by atoms with Crippen LogP contribution in [0.3, 0.4) is 0 Å². The Hall–Kier alpha value is -1.16. The van der Waals surface area contributed by atoms with E-state index in [1.165, 1.54) is 0 Å². The molecule has 0 fully saturated rings. The summed E-state index contributed by atoms with van der Waals surface area (Å²) in [6.07, 6.45) is 3.29. The van der Waals surface area contributed by atoms with Gasteiger partial charge in [0.25, 0.3) is 0 Å². The lowest BCUT2D eigenvalue weighted by molar-refractivity contribution is 1.25. The maximum absolute atomic E-state index is 4.94. The van der Waals surface area contributed by atoms with E-state index in [0.29, 0.717) is 4.64 Å². The van der Waals surface area contributed by atoms with Gasteiger partial charge in [-0.15, -0.1) is 0 Å². The first-order chi connectivity index (χ1) is 4.83. The summed E-state index contributed by atoms with van der Waals surface area (Å²) in [5, 5.41) is 3.36. The summed E-state index contributed by atoms with van der Waals surface area (Å²) >= 11 is 4.86. The van der Waals surface area contributed by atoms with Gasteiger partial charge >= 0.3 is 0 Å². The van der Waals surface area contributed by atoms with Crippen molar-refractivity contribution in [2.45, 2.75) is 7.43 Å². The molecule has 60 valence electrons. The van der Waals surface area contributed by atoms with E-state index < -0.39 is 0 Å². The topological polar surface area (TPSA) is 54.2 Å². The summed E-state index contributed by atoms with van der Waals surface area (Å²) < 4.78 is 0.678. The van der Waals surface area contributed by atoms with Crippen molar-refractivity contribution in [2.24, 2.45) is 10.9 Å². The average molecular weight is 169 g/mol. The Morgan fingerprint density at radius 2 is 2.36 bits per heavy atom. The van der Waals surface area contributed by atoms with Crippen LogP contribution in [-0.4, -0.2) is 11.2 Å². The zero-order valence-electron chi connectivity index (χ0n) is 5.24. The number of hydrazone groups is 1. The number of aromatic amines is 1. The quantitative estimate of drug-likeness (QED) is 0.291. The summed E-state index contributed by atoms with van der Waals surface area (Å²) in [4.78, 5) is 2.84. The van der Waals surface area contributed by atoms with Crippen molar-refractivity contribution < 1.29 is 0 Å². The van der Waals surface area contributed by atoms with E-state index in [1.807, 2.05) is 6.07 Å². The van der Waals surface area contributed by atoms with Crippen LogP contribution in [0.5, 0.6) is 0 Å². The Bertz CT molecular complexity index is 290. The molecule has 4 heteroatoms. The van der Waals surface area contributed by atoms with Crippen LogP contribution in [0.15, 0.2) is 23.4 Å². The van der Waals surface area contributed by atoms with E-state index in [-0.39, 0.29) is 7.43 Å². The van der Waals surface area contributed by atoms with Gasteiger partial charge < -0.3 is 10.8 Å². The van der Waals surface area contributed by atoms with Gasteiger partial charge in [0.05, 0.1) is 6.21 Å². The zero-order chi connectivity index (χ0) is 7.40. The zero-order valence-corrected chi connectivity index (χ0v) is 6.06. The van der Waals surface area contributed by atoms with Crippen LogP contribution in [0.1, 0.15) is 13.0 Å². The van der Waals surface area contributed by atoms with E-state index in [1.54, 1.807) is 18.5 Å². The van der Waals surface area contributed by atoms with Gasteiger partial charge in [0.1, 0.15) is 4.64 Å².